The molecular weight excluding hydrogens is 310 g/mol. The quantitative estimate of drug-likeness (QED) is 0.756. The van der Waals surface area contributed by atoms with E-state index >= 15 is 0 Å². The lowest BCUT2D eigenvalue weighted by molar-refractivity contribution is 0.727. The molecule has 0 aliphatic heterocycles. The average molecular weight is 334 g/mol. The Morgan fingerprint density at radius 1 is 1.09 bits per heavy atom. The van der Waals surface area contributed by atoms with Crippen molar-refractivity contribution in [2.45, 2.75) is 33.1 Å². The van der Waals surface area contributed by atoms with Crippen LogP contribution in [0.2, 0.25) is 5.02 Å². The molecule has 124 valence electrons. The van der Waals surface area contributed by atoms with Gasteiger partial charge in [-0.25, -0.2) is 0 Å². The van der Waals surface area contributed by atoms with Crippen LogP contribution in [-0.2, 0) is 6.42 Å². The average Bonchev–Trinajstić information content (AvgIpc) is 2.57. The molecule has 23 heavy (non-hydrogen) atoms. The van der Waals surface area contributed by atoms with Crippen LogP contribution < -0.4 is 10.2 Å². The van der Waals surface area contributed by atoms with Gasteiger partial charge < -0.3 is 10.2 Å². The van der Waals surface area contributed by atoms with Crippen molar-refractivity contribution in [2.75, 3.05) is 29.9 Å². The second kappa shape index (κ2) is 9.30. The van der Waals surface area contributed by atoms with Gasteiger partial charge in [-0.05, 0) is 37.0 Å². The van der Waals surface area contributed by atoms with E-state index in [0.29, 0.717) is 5.95 Å². The number of aromatic nitrogens is 3. The van der Waals surface area contributed by atoms with Gasteiger partial charge in [0.25, 0.3) is 0 Å². The van der Waals surface area contributed by atoms with Gasteiger partial charge >= 0.3 is 0 Å². The minimum Gasteiger partial charge on any atom is -0.355 e. The van der Waals surface area contributed by atoms with E-state index in [4.69, 9.17) is 11.6 Å². The Hall–Kier alpha value is -1.88. The monoisotopic (exact) mass is 333 g/mol. The van der Waals surface area contributed by atoms with Crippen molar-refractivity contribution < 1.29 is 0 Å². The molecule has 0 unspecified atom stereocenters. The van der Waals surface area contributed by atoms with Gasteiger partial charge in [0.1, 0.15) is 0 Å². The van der Waals surface area contributed by atoms with Crippen LogP contribution in [-0.4, -0.2) is 34.8 Å². The highest BCUT2D eigenvalue weighted by Gasteiger charge is 2.08. The van der Waals surface area contributed by atoms with Gasteiger partial charge in [-0.2, -0.15) is 10.1 Å². The molecule has 0 bridgehead atoms. The highest BCUT2D eigenvalue weighted by Crippen LogP contribution is 2.13. The fraction of sp³-hybridized carbons (Fsp3) is 0.471. The number of nitrogens with one attached hydrogen (secondary N) is 1. The van der Waals surface area contributed by atoms with E-state index < -0.39 is 0 Å². The van der Waals surface area contributed by atoms with Crippen LogP contribution in [0.25, 0.3) is 0 Å². The smallest absolute Gasteiger partial charge is 0.244 e. The van der Waals surface area contributed by atoms with Crippen LogP contribution >= 0.6 is 11.6 Å². The van der Waals surface area contributed by atoms with Crippen molar-refractivity contribution in [3.8, 4) is 0 Å². The molecule has 0 amide bonds. The Labute approximate surface area is 143 Å². The lowest BCUT2D eigenvalue weighted by atomic mass is 10.1. The maximum atomic E-state index is 5.89. The fourth-order valence-electron chi connectivity index (χ4n) is 2.37. The Morgan fingerprint density at radius 3 is 2.43 bits per heavy atom. The number of halogens is 1. The van der Waals surface area contributed by atoms with E-state index in [1.165, 1.54) is 5.56 Å². The number of hydrogen-bond acceptors (Lipinski definition) is 5. The molecule has 0 atom stereocenters. The Kier molecular flexibility index (Phi) is 7.07. The van der Waals surface area contributed by atoms with E-state index in [9.17, 15) is 0 Å². The summed E-state index contributed by atoms with van der Waals surface area (Å²) in [5.41, 5.74) is 1.23. The molecule has 0 saturated carbocycles. The van der Waals surface area contributed by atoms with Crippen molar-refractivity contribution >= 4 is 23.4 Å². The number of hydrogen-bond donors (Lipinski definition) is 1. The molecular formula is C17H24ClN5. The van der Waals surface area contributed by atoms with Crippen LogP contribution in [0.5, 0.6) is 0 Å². The van der Waals surface area contributed by atoms with Crippen molar-refractivity contribution in [1.82, 2.24) is 15.2 Å². The summed E-state index contributed by atoms with van der Waals surface area (Å²) in [7, 11) is 0. The molecule has 5 nitrogen and oxygen atoms in total. The molecule has 1 aromatic carbocycles. The maximum absolute atomic E-state index is 5.89. The van der Waals surface area contributed by atoms with Gasteiger partial charge in [0.15, 0.2) is 5.82 Å². The molecule has 0 fully saturated rings. The van der Waals surface area contributed by atoms with Gasteiger partial charge in [0.2, 0.25) is 5.95 Å². The Bertz CT molecular complexity index is 582. The minimum absolute atomic E-state index is 0.577. The first-order valence-corrected chi connectivity index (χ1v) is 8.53. The standard InChI is InChI=1S/C17H24ClN5/c1-3-11-23(12-4-2)16-13-20-22-17(21-16)19-10-9-14-5-7-15(18)8-6-14/h5-8,13H,3-4,9-12H2,1-2H3,(H,19,21,22). The highest BCUT2D eigenvalue weighted by molar-refractivity contribution is 6.30. The molecule has 0 aliphatic rings. The Balaban J connectivity index is 1.92. The first-order valence-electron chi connectivity index (χ1n) is 8.16. The molecule has 2 aromatic rings. The summed E-state index contributed by atoms with van der Waals surface area (Å²) in [5, 5.41) is 12.1. The first kappa shape index (κ1) is 17.5. The zero-order chi connectivity index (χ0) is 16.5. The zero-order valence-corrected chi connectivity index (χ0v) is 14.6. The molecule has 1 heterocycles. The fourth-order valence-corrected chi connectivity index (χ4v) is 2.50. The van der Waals surface area contributed by atoms with Crippen LogP contribution in [0.3, 0.4) is 0 Å². The third kappa shape index (κ3) is 5.67. The zero-order valence-electron chi connectivity index (χ0n) is 13.8. The number of anilines is 2. The second-order valence-corrected chi connectivity index (χ2v) is 5.86. The summed E-state index contributed by atoms with van der Waals surface area (Å²) >= 11 is 5.89. The molecule has 1 aromatic heterocycles. The highest BCUT2D eigenvalue weighted by atomic mass is 35.5. The maximum Gasteiger partial charge on any atom is 0.244 e. The SMILES string of the molecule is CCCN(CCC)c1cnnc(NCCc2ccc(Cl)cc2)n1. The van der Waals surface area contributed by atoms with Crippen LogP contribution in [0.1, 0.15) is 32.3 Å². The summed E-state index contributed by atoms with van der Waals surface area (Å²) in [5.74, 6) is 1.46. The van der Waals surface area contributed by atoms with Gasteiger partial charge in [-0.3, -0.25) is 0 Å². The van der Waals surface area contributed by atoms with E-state index in [1.54, 1.807) is 6.20 Å². The van der Waals surface area contributed by atoms with E-state index in [2.05, 4.69) is 39.2 Å². The summed E-state index contributed by atoms with van der Waals surface area (Å²) < 4.78 is 0. The van der Waals surface area contributed by atoms with Crippen LogP contribution in [0, 0.1) is 0 Å². The van der Waals surface area contributed by atoms with E-state index in [-0.39, 0.29) is 0 Å². The van der Waals surface area contributed by atoms with Crippen LogP contribution in [0.15, 0.2) is 30.5 Å². The lowest BCUT2D eigenvalue weighted by Gasteiger charge is -2.22. The molecule has 0 aliphatic carbocycles. The normalized spacial score (nSPS) is 10.6. The van der Waals surface area contributed by atoms with Gasteiger partial charge in [-0.1, -0.05) is 37.6 Å². The summed E-state index contributed by atoms with van der Waals surface area (Å²) in [4.78, 5) is 6.82. The summed E-state index contributed by atoms with van der Waals surface area (Å²) in [6.45, 7) is 7.06. The summed E-state index contributed by atoms with van der Waals surface area (Å²) in [6.07, 6.45) is 4.79. The van der Waals surface area contributed by atoms with Crippen molar-refractivity contribution in [1.29, 1.82) is 0 Å². The van der Waals surface area contributed by atoms with Gasteiger partial charge in [-0.15, -0.1) is 5.10 Å². The predicted molar refractivity (Wildman–Crippen MR) is 96.3 cm³/mol. The molecule has 1 N–H and O–H groups in total. The number of benzene rings is 1. The van der Waals surface area contributed by atoms with Gasteiger partial charge in [0, 0.05) is 24.7 Å². The summed E-state index contributed by atoms with van der Waals surface area (Å²) in [6, 6.07) is 7.87. The molecule has 0 saturated heterocycles. The largest absolute Gasteiger partial charge is 0.355 e. The van der Waals surface area contributed by atoms with E-state index in [0.717, 1.165) is 49.7 Å². The molecule has 0 radical (unpaired) electrons. The number of rotatable bonds is 9. The topological polar surface area (TPSA) is 53.9 Å². The first-order chi connectivity index (χ1) is 11.2. The van der Waals surface area contributed by atoms with Crippen molar-refractivity contribution in [3.63, 3.8) is 0 Å². The van der Waals surface area contributed by atoms with Crippen LogP contribution in [0.4, 0.5) is 11.8 Å². The Morgan fingerprint density at radius 2 is 1.78 bits per heavy atom. The van der Waals surface area contributed by atoms with Gasteiger partial charge in [0.05, 0.1) is 6.20 Å². The van der Waals surface area contributed by atoms with Crippen molar-refractivity contribution in [3.05, 3.63) is 41.0 Å². The van der Waals surface area contributed by atoms with E-state index in [1.807, 2.05) is 24.3 Å². The minimum atomic E-state index is 0.577. The second-order valence-electron chi connectivity index (χ2n) is 5.43. The molecule has 0 spiro atoms. The third-order valence-corrected chi connectivity index (χ3v) is 3.72. The molecule has 6 heteroatoms. The predicted octanol–water partition coefficient (Wildman–Crippen LogP) is 3.81. The lowest BCUT2D eigenvalue weighted by Crippen LogP contribution is -2.26. The third-order valence-electron chi connectivity index (χ3n) is 3.47. The molecule has 2 rings (SSSR count). The van der Waals surface area contributed by atoms with Crippen molar-refractivity contribution in [2.24, 2.45) is 0 Å². The number of nitrogens with zero attached hydrogens (tertiary/aromatic N) is 4.